The normalized spacial score (nSPS) is 35.5. The van der Waals surface area contributed by atoms with Crippen LogP contribution in [0.3, 0.4) is 0 Å². The summed E-state index contributed by atoms with van der Waals surface area (Å²) in [6.45, 7) is 0. The van der Waals surface area contributed by atoms with Crippen LogP contribution in [0.1, 0.15) is 11.6 Å². The Hall–Kier alpha value is -1.65. The summed E-state index contributed by atoms with van der Waals surface area (Å²) in [5.41, 5.74) is 0.999. The summed E-state index contributed by atoms with van der Waals surface area (Å²) in [4.78, 5) is 11.1. The van der Waals surface area contributed by atoms with Gasteiger partial charge in [-0.05, 0) is 5.56 Å². The smallest absolute Gasteiger partial charge is 0.330 e. The fourth-order valence-corrected chi connectivity index (χ4v) is 2.42. The first-order chi connectivity index (χ1) is 8.25. The SMILES string of the molecule is O=C1C=C[C@H]2N[C@H](c3ccccc3)[C@@H](O)[C@H]2O1. The molecule has 0 radical (unpaired) electrons. The van der Waals surface area contributed by atoms with Crippen LogP contribution in [-0.2, 0) is 9.53 Å². The monoisotopic (exact) mass is 231 g/mol. The van der Waals surface area contributed by atoms with Gasteiger partial charge in [-0.25, -0.2) is 4.79 Å². The van der Waals surface area contributed by atoms with Crippen molar-refractivity contribution < 1.29 is 14.6 Å². The number of rotatable bonds is 1. The Bertz CT molecular complexity index is 457. The lowest BCUT2D eigenvalue weighted by molar-refractivity contribution is -0.149. The average Bonchev–Trinajstić information content (AvgIpc) is 2.68. The maximum absolute atomic E-state index is 11.1. The first-order valence-corrected chi connectivity index (χ1v) is 5.63. The first kappa shape index (κ1) is 10.5. The Kier molecular flexibility index (Phi) is 2.46. The largest absolute Gasteiger partial charge is 0.454 e. The molecule has 2 aliphatic heterocycles. The highest BCUT2D eigenvalue weighted by molar-refractivity contribution is 5.83. The topological polar surface area (TPSA) is 58.6 Å². The molecular formula is C13H13NO3. The number of aliphatic hydroxyl groups is 1. The minimum Gasteiger partial charge on any atom is -0.454 e. The molecule has 17 heavy (non-hydrogen) atoms. The molecule has 1 aromatic carbocycles. The second-order valence-electron chi connectivity index (χ2n) is 4.33. The van der Waals surface area contributed by atoms with Gasteiger partial charge in [-0.1, -0.05) is 36.4 Å². The van der Waals surface area contributed by atoms with E-state index in [1.165, 1.54) is 6.08 Å². The maximum Gasteiger partial charge on any atom is 0.330 e. The maximum atomic E-state index is 11.1. The van der Waals surface area contributed by atoms with E-state index in [9.17, 15) is 9.90 Å². The number of hydrogen-bond donors (Lipinski definition) is 2. The van der Waals surface area contributed by atoms with Crippen molar-refractivity contribution in [3.8, 4) is 0 Å². The van der Waals surface area contributed by atoms with E-state index in [1.54, 1.807) is 6.08 Å². The van der Waals surface area contributed by atoms with E-state index in [2.05, 4.69) is 5.32 Å². The van der Waals surface area contributed by atoms with Crippen molar-refractivity contribution in [1.82, 2.24) is 5.32 Å². The standard InChI is InChI=1S/C13H13NO3/c15-10-7-6-9-13(17-10)12(16)11(14-9)8-4-2-1-3-5-8/h1-7,9,11-14,16H/t9-,11-,12-,13+/m1/s1. The Morgan fingerprint density at radius 2 is 2.00 bits per heavy atom. The van der Waals surface area contributed by atoms with Crippen molar-refractivity contribution in [3.05, 3.63) is 48.0 Å². The van der Waals surface area contributed by atoms with Crippen LogP contribution < -0.4 is 5.32 Å². The van der Waals surface area contributed by atoms with Crippen molar-refractivity contribution in [2.45, 2.75) is 24.3 Å². The Morgan fingerprint density at radius 1 is 1.24 bits per heavy atom. The van der Waals surface area contributed by atoms with Crippen molar-refractivity contribution in [1.29, 1.82) is 0 Å². The molecule has 0 spiro atoms. The second kappa shape index (κ2) is 3.98. The van der Waals surface area contributed by atoms with Gasteiger partial charge in [0.2, 0.25) is 0 Å². The molecule has 0 aliphatic carbocycles. The number of carbonyl (C=O) groups excluding carboxylic acids is 1. The minimum atomic E-state index is -0.712. The van der Waals surface area contributed by atoms with Gasteiger partial charge in [0, 0.05) is 6.08 Å². The predicted octanol–water partition coefficient (Wildman–Crippen LogP) is 0.542. The first-order valence-electron chi connectivity index (χ1n) is 5.63. The molecule has 1 aromatic rings. The second-order valence-corrected chi connectivity index (χ2v) is 4.33. The van der Waals surface area contributed by atoms with Gasteiger partial charge in [-0.2, -0.15) is 0 Å². The highest BCUT2D eigenvalue weighted by Gasteiger charge is 2.45. The van der Waals surface area contributed by atoms with E-state index >= 15 is 0 Å². The van der Waals surface area contributed by atoms with E-state index in [0.717, 1.165) is 5.56 Å². The third kappa shape index (κ3) is 1.75. The minimum absolute atomic E-state index is 0.104. The van der Waals surface area contributed by atoms with E-state index in [1.807, 2.05) is 30.3 Å². The van der Waals surface area contributed by atoms with Crippen molar-refractivity contribution in [2.24, 2.45) is 0 Å². The van der Waals surface area contributed by atoms with Gasteiger partial charge in [-0.3, -0.25) is 5.32 Å². The molecule has 0 unspecified atom stereocenters. The molecule has 1 fully saturated rings. The number of aliphatic hydroxyl groups excluding tert-OH is 1. The molecule has 2 heterocycles. The fraction of sp³-hybridized carbons (Fsp3) is 0.308. The van der Waals surface area contributed by atoms with Crippen LogP contribution in [0.15, 0.2) is 42.5 Å². The number of benzene rings is 1. The number of ether oxygens (including phenoxy) is 1. The molecule has 3 rings (SSSR count). The molecule has 0 saturated carbocycles. The van der Waals surface area contributed by atoms with Gasteiger partial charge in [-0.15, -0.1) is 0 Å². The fourth-order valence-electron chi connectivity index (χ4n) is 2.42. The summed E-state index contributed by atoms with van der Waals surface area (Å²) in [7, 11) is 0. The predicted molar refractivity (Wildman–Crippen MR) is 61.1 cm³/mol. The van der Waals surface area contributed by atoms with Gasteiger partial charge in [0.15, 0.2) is 0 Å². The van der Waals surface area contributed by atoms with Crippen molar-refractivity contribution >= 4 is 5.97 Å². The zero-order valence-electron chi connectivity index (χ0n) is 9.11. The van der Waals surface area contributed by atoms with Gasteiger partial charge in [0.1, 0.15) is 12.2 Å². The third-order valence-corrected chi connectivity index (χ3v) is 3.25. The summed E-state index contributed by atoms with van der Waals surface area (Å²) in [6, 6.07) is 9.38. The molecule has 4 heteroatoms. The van der Waals surface area contributed by atoms with Crippen LogP contribution in [0.4, 0.5) is 0 Å². The molecule has 88 valence electrons. The van der Waals surface area contributed by atoms with Gasteiger partial charge in [0.05, 0.1) is 12.1 Å². The molecule has 4 atom stereocenters. The summed E-state index contributed by atoms with van der Waals surface area (Å²) in [5.74, 6) is -0.388. The van der Waals surface area contributed by atoms with Crippen molar-refractivity contribution in [3.63, 3.8) is 0 Å². The molecular weight excluding hydrogens is 218 g/mol. The Labute approximate surface area is 98.9 Å². The number of nitrogens with one attached hydrogen (secondary N) is 1. The highest BCUT2D eigenvalue weighted by Crippen LogP contribution is 2.31. The summed E-state index contributed by atoms with van der Waals surface area (Å²) < 4.78 is 5.14. The lowest BCUT2D eigenvalue weighted by Crippen LogP contribution is -2.38. The molecule has 2 aliphatic rings. The number of hydrogen-bond acceptors (Lipinski definition) is 4. The third-order valence-electron chi connectivity index (χ3n) is 3.25. The van der Waals surface area contributed by atoms with Crippen LogP contribution in [0.2, 0.25) is 0 Å². The lowest BCUT2D eigenvalue weighted by Gasteiger charge is -2.22. The summed E-state index contributed by atoms with van der Waals surface area (Å²) >= 11 is 0. The van der Waals surface area contributed by atoms with E-state index < -0.39 is 12.2 Å². The zero-order chi connectivity index (χ0) is 11.8. The van der Waals surface area contributed by atoms with Crippen LogP contribution in [0, 0.1) is 0 Å². The van der Waals surface area contributed by atoms with Gasteiger partial charge >= 0.3 is 5.97 Å². The average molecular weight is 231 g/mol. The number of esters is 1. The molecule has 1 saturated heterocycles. The Balaban J connectivity index is 1.87. The Morgan fingerprint density at radius 3 is 2.76 bits per heavy atom. The van der Waals surface area contributed by atoms with Crippen LogP contribution in [-0.4, -0.2) is 29.3 Å². The van der Waals surface area contributed by atoms with Gasteiger partial charge < -0.3 is 9.84 Å². The molecule has 2 N–H and O–H groups in total. The highest BCUT2D eigenvalue weighted by atomic mass is 16.6. The van der Waals surface area contributed by atoms with Crippen LogP contribution in [0.5, 0.6) is 0 Å². The lowest BCUT2D eigenvalue weighted by atomic mass is 10.0. The van der Waals surface area contributed by atoms with E-state index in [4.69, 9.17) is 4.74 Å². The van der Waals surface area contributed by atoms with E-state index in [0.29, 0.717) is 0 Å². The zero-order valence-corrected chi connectivity index (χ0v) is 9.11. The number of fused-ring (bicyclic) bond motifs is 1. The molecule has 0 aromatic heterocycles. The summed E-state index contributed by atoms with van der Waals surface area (Å²) in [6.07, 6.45) is 1.95. The van der Waals surface area contributed by atoms with E-state index in [-0.39, 0.29) is 18.1 Å². The van der Waals surface area contributed by atoms with Gasteiger partial charge in [0.25, 0.3) is 0 Å². The molecule has 4 nitrogen and oxygen atoms in total. The molecule has 0 amide bonds. The quantitative estimate of drug-likeness (QED) is 0.693. The van der Waals surface area contributed by atoms with Crippen molar-refractivity contribution in [2.75, 3.05) is 0 Å². The summed E-state index contributed by atoms with van der Waals surface area (Å²) in [5, 5.41) is 13.4. The molecule has 0 bridgehead atoms. The van der Waals surface area contributed by atoms with Crippen LogP contribution >= 0.6 is 0 Å². The van der Waals surface area contributed by atoms with Crippen LogP contribution in [0.25, 0.3) is 0 Å². The number of carbonyl (C=O) groups is 1.